The van der Waals surface area contributed by atoms with Crippen LogP contribution < -0.4 is 5.32 Å². The third-order valence-electron chi connectivity index (χ3n) is 2.18. The lowest BCUT2D eigenvalue weighted by Gasteiger charge is -2.04. The van der Waals surface area contributed by atoms with Gasteiger partial charge in [0.15, 0.2) is 0 Å². The van der Waals surface area contributed by atoms with Crippen LogP contribution in [0.15, 0.2) is 18.6 Å². The number of H-pyrrole nitrogens is 1. The molecule has 0 fully saturated rings. The summed E-state index contributed by atoms with van der Waals surface area (Å²) in [5.74, 6) is 0.921. The van der Waals surface area contributed by atoms with E-state index in [0.29, 0.717) is 0 Å². The van der Waals surface area contributed by atoms with Gasteiger partial charge in [-0.2, -0.15) is 0 Å². The number of rotatable bonds is 4. The first-order valence-corrected chi connectivity index (χ1v) is 4.93. The van der Waals surface area contributed by atoms with Crippen LogP contribution in [0, 0.1) is 0 Å². The zero-order valence-corrected chi connectivity index (χ0v) is 8.25. The second-order valence-electron chi connectivity index (χ2n) is 3.24. The van der Waals surface area contributed by atoms with Crippen LogP contribution in [-0.2, 0) is 0 Å². The fourth-order valence-electron chi connectivity index (χ4n) is 1.40. The van der Waals surface area contributed by atoms with E-state index in [1.807, 2.05) is 12.3 Å². The number of hydrogen-bond donors (Lipinski definition) is 2. The summed E-state index contributed by atoms with van der Waals surface area (Å²) >= 11 is 0. The van der Waals surface area contributed by atoms with Gasteiger partial charge >= 0.3 is 0 Å². The molecule has 2 aromatic rings. The molecule has 0 spiro atoms. The molecule has 0 radical (unpaired) electrons. The molecule has 14 heavy (non-hydrogen) atoms. The number of aromatic amines is 1. The van der Waals surface area contributed by atoms with Crippen molar-refractivity contribution in [3.8, 4) is 0 Å². The van der Waals surface area contributed by atoms with E-state index in [2.05, 4.69) is 27.2 Å². The van der Waals surface area contributed by atoms with Crippen molar-refractivity contribution in [3.63, 3.8) is 0 Å². The number of hydrogen-bond acceptors (Lipinski definition) is 3. The molecule has 0 saturated heterocycles. The van der Waals surface area contributed by atoms with Crippen LogP contribution >= 0.6 is 0 Å². The molecule has 0 atom stereocenters. The smallest absolute Gasteiger partial charge is 0.142 e. The van der Waals surface area contributed by atoms with Crippen LogP contribution in [0.3, 0.4) is 0 Å². The summed E-state index contributed by atoms with van der Waals surface area (Å²) in [5, 5.41) is 4.36. The fourth-order valence-corrected chi connectivity index (χ4v) is 1.40. The van der Waals surface area contributed by atoms with E-state index in [4.69, 9.17) is 0 Å². The fraction of sp³-hybridized carbons (Fsp3) is 0.400. The Morgan fingerprint density at radius 3 is 3.21 bits per heavy atom. The van der Waals surface area contributed by atoms with E-state index < -0.39 is 0 Å². The highest BCUT2D eigenvalue weighted by molar-refractivity contribution is 5.86. The molecule has 74 valence electrons. The Morgan fingerprint density at radius 2 is 2.36 bits per heavy atom. The molecular formula is C10H14N4. The molecule has 2 rings (SSSR count). The van der Waals surface area contributed by atoms with Crippen LogP contribution in [0.4, 0.5) is 5.82 Å². The van der Waals surface area contributed by atoms with Crippen molar-refractivity contribution in [1.29, 1.82) is 0 Å². The molecule has 4 heteroatoms. The summed E-state index contributed by atoms with van der Waals surface area (Å²) in [4.78, 5) is 11.4. The van der Waals surface area contributed by atoms with Gasteiger partial charge in [-0.3, -0.25) is 0 Å². The van der Waals surface area contributed by atoms with Crippen LogP contribution in [0.1, 0.15) is 19.8 Å². The molecule has 4 nitrogen and oxygen atoms in total. The SMILES string of the molecule is CCCCNc1ncnc2[nH]ccc12. The zero-order valence-electron chi connectivity index (χ0n) is 8.25. The highest BCUT2D eigenvalue weighted by atomic mass is 15.0. The number of fused-ring (bicyclic) bond motifs is 1. The Bertz CT molecular complexity index is 407. The average Bonchev–Trinajstić information content (AvgIpc) is 2.67. The molecule has 2 aromatic heterocycles. The Morgan fingerprint density at radius 1 is 1.43 bits per heavy atom. The first-order valence-electron chi connectivity index (χ1n) is 4.93. The monoisotopic (exact) mass is 190 g/mol. The average molecular weight is 190 g/mol. The number of nitrogens with zero attached hydrogens (tertiary/aromatic N) is 2. The van der Waals surface area contributed by atoms with Crippen LogP contribution in [0.5, 0.6) is 0 Å². The maximum absolute atomic E-state index is 4.21. The van der Waals surface area contributed by atoms with Gasteiger partial charge in [0.2, 0.25) is 0 Å². The van der Waals surface area contributed by atoms with Crippen molar-refractivity contribution < 1.29 is 0 Å². The molecule has 2 heterocycles. The van der Waals surface area contributed by atoms with Crippen molar-refractivity contribution >= 4 is 16.9 Å². The third-order valence-corrected chi connectivity index (χ3v) is 2.18. The lowest BCUT2D eigenvalue weighted by Crippen LogP contribution is -2.03. The van der Waals surface area contributed by atoms with E-state index in [-0.39, 0.29) is 0 Å². The van der Waals surface area contributed by atoms with Crippen molar-refractivity contribution in [2.45, 2.75) is 19.8 Å². The van der Waals surface area contributed by atoms with E-state index >= 15 is 0 Å². The summed E-state index contributed by atoms with van der Waals surface area (Å²) < 4.78 is 0. The van der Waals surface area contributed by atoms with E-state index in [1.165, 1.54) is 6.42 Å². The van der Waals surface area contributed by atoms with Gasteiger partial charge in [0, 0.05) is 12.7 Å². The first kappa shape index (κ1) is 8.99. The van der Waals surface area contributed by atoms with Crippen molar-refractivity contribution in [3.05, 3.63) is 18.6 Å². The minimum Gasteiger partial charge on any atom is -0.369 e. The Labute approximate surface area is 82.8 Å². The Balaban J connectivity index is 2.19. The van der Waals surface area contributed by atoms with E-state index in [9.17, 15) is 0 Å². The topological polar surface area (TPSA) is 53.6 Å². The minimum absolute atomic E-state index is 0.888. The summed E-state index contributed by atoms with van der Waals surface area (Å²) in [7, 11) is 0. The summed E-state index contributed by atoms with van der Waals surface area (Å²) in [6.07, 6.45) is 5.81. The first-order chi connectivity index (χ1) is 6.92. The summed E-state index contributed by atoms with van der Waals surface area (Å²) in [6.45, 7) is 3.14. The van der Waals surface area contributed by atoms with Crippen molar-refractivity contribution in [1.82, 2.24) is 15.0 Å². The predicted octanol–water partition coefficient (Wildman–Crippen LogP) is 2.17. The van der Waals surface area contributed by atoms with Gasteiger partial charge in [-0.15, -0.1) is 0 Å². The maximum Gasteiger partial charge on any atom is 0.142 e. The molecule has 0 aliphatic carbocycles. The minimum atomic E-state index is 0.888. The molecular weight excluding hydrogens is 176 g/mol. The van der Waals surface area contributed by atoms with Gasteiger partial charge in [0.1, 0.15) is 17.8 Å². The molecule has 0 saturated carbocycles. The van der Waals surface area contributed by atoms with Gasteiger partial charge in [0.05, 0.1) is 5.39 Å². The highest BCUT2D eigenvalue weighted by Crippen LogP contribution is 2.16. The molecule has 0 aliphatic heterocycles. The standard InChI is InChI=1S/C10H14N4/c1-2-3-5-11-9-8-4-6-12-10(8)14-7-13-9/h4,6-7H,2-3,5H2,1H3,(H2,11,12,13,14). The maximum atomic E-state index is 4.21. The third kappa shape index (κ3) is 1.69. The van der Waals surface area contributed by atoms with Gasteiger partial charge < -0.3 is 10.3 Å². The van der Waals surface area contributed by atoms with Crippen LogP contribution in [-0.4, -0.2) is 21.5 Å². The van der Waals surface area contributed by atoms with Crippen LogP contribution in [0.2, 0.25) is 0 Å². The second kappa shape index (κ2) is 4.09. The number of aromatic nitrogens is 3. The van der Waals surface area contributed by atoms with Gasteiger partial charge in [-0.05, 0) is 12.5 Å². The van der Waals surface area contributed by atoms with Crippen LogP contribution in [0.25, 0.3) is 11.0 Å². The quantitative estimate of drug-likeness (QED) is 0.726. The second-order valence-corrected chi connectivity index (χ2v) is 3.24. The zero-order chi connectivity index (χ0) is 9.80. The van der Waals surface area contributed by atoms with Crippen molar-refractivity contribution in [2.75, 3.05) is 11.9 Å². The Kier molecular flexibility index (Phi) is 2.62. The van der Waals surface area contributed by atoms with Crippen molar-refractivity contribution in [2.24, 2.45) is 0 Å². The lowest BCUT2D eigenvalue weighted by molar-refractivity contribution is 0.831. The molecule has 0 amide bonds. The summed E-state index contributed by atoms with van der Waals surface area (Å²) in [6, 6.07) is 1.99. The number of anilines is 1. The summed E-state index contributed by atoms with van der Waals surface area (Å²) in [5.41, 5.74) is 0.888. The number of unbranched alkanes of at least 4 members (excludes halogenated alkanes) is 1. The molecule has 0 aliphatic rings. The molecule has 0 bridgehead atoms. The van der Waals surface area contributed by atoms with Gasteiger partial charge in [-0.25, -0.2) is 9.97 Å². The largest absolute Gasteiger partial charge is 0.369 e. The lowest BCUT2D eigenvalue weighted by atomic mass is 10.3. The van der Waals surface area contributed by atoms with Gasteiger partial charge in [-0.1, -0.05) is 13.3 Å². The molecule has 0 aromatic carbocycles. The normalized spacial score (nSPS) is 10.6. The van der Waals surface area contributed by atoms with Gasteiger partial charge in [0.25, 0.3) is 0 Å². The highest BCUT2D eigenvalue weighted by Gasteiger charge is 2.02. The number of nitrogens with one attached hydrogen (secondary N) is 2. The molecule has 2 N–H and O–H groups in total. The molecule has 0 unspecified atom stereocenters. The van der Waals surface area contributed by atoms with E-state index in [1.54, 1.807) is 6.33 Å². The predicted molar refractivity (Wildman–Crippen MR) is 57.3 cm³/mol. The Hall–Kier alpha value is -1.58. The van der Waals surface area contributed by atoms with E-state index in [0.717, 1.165) is 29.8 Å².